The zero-order valence-electron chi connectivity index (χ0n) is 16.1. The Balaban J connectivity index is 1.64. The second kappa shape index (κ2) is 7.47. The van der Waals surface area contributed by atoms with E-state index in [-0.39, 0.29) is 23.4 Å². The predicted octanol–water partition coefficient (Wildman–Crippen LogP) is 2.51. The molecule has 0 aliphatic heterocycles. The molecular formula is C20H16F2N6O2. The molecule has 4 rings (SSSR count). The maximum absolute atomic E-state index is 14.1. The monoisotopic (exact) mass is 410 g/mol. The molecule has 1 N–H and O–H groups in total. The summed E-state index contributed by atoms with van der Waals surface area (Å²) < 4.78 is 29.3. The van der Waals surface area contributed by atoms with Crippen LogP contribution in [0, 0.1) is 25.5 Å². The number of hydrogen-bond acceptors (Lipinski definition) is 5. The molecule has 8 nitrogen and oxygen atoms in total. The molecule has 10 heteroatoms. The van der Waals surface area contributed by atoms with Gasteiger partial charge in [-0.2, -0.15) is 4.68 Å². The lowest BCUT2D eigenvalue weighted by Crippen LogP contribution is -2.28. The van der Waals surface area contributed by atoms with Crippen LogP contribution in [-0.2, 0) is 11.3 Å². The molecule has 0 unspecified atom stereocenters. The number of halogens is 2. The van der Waals surface area contributed by atoms with E-state index in [0.717, 1.165) is 32.8 Å². The van der Waals surface area contributed by atoms with Crippen LogP contribution in [0.25, 0.3) is 16.9 Å². The maximum Gasteiger partial charge on any atom is 0.284 e. The summed E-state index contributed by atoms with van der Waals surface area (Å²) >= 11 is 0. The second-order valence-electron chi connectivity index (χ2n) is 6.74. The average molecular weight is 410 g/mol. The molecular weight excluding hydrogens is 394 g/mol. The van der Waals surface area contributed by atoms with Crippen molar-refractivity contribution < 1.29 is 13.6 Å². The topological polar surface area (TPSA) is 94.7 Å². The number of benzene rings is 2. The summed E-state index contributed by atoms with van der Waals surface area (Å²) in [4.78, 5) is 29.2. The minimum absolute atomic E-state index is 0.00306. The first kappa shape index (κ1) is 19.4. The smallest absolute Gasteiger partial charge is 0.284 e. The van der Waals surface area contributed by atoms with Gasteiger partial charge in [0.05, 0.1) is 0 Å². The first-order chi connectivity index (χ1) is 14.3. The molecule has 2 aromatic heterocycles. The molecule has 152 valence electrons. The van der Waals surface area contributed by atoms with Gasteiger partial charge in [-0.05, 0) is 43.2 Å². The van der Waals surface area contributed by atoms with Crippen LogP contribution in [0.3, 0.4) is 0 Å². The van der Waals surface area contributed by atoms with Crippen LogP contribution in [0.5, 0.6) is 0 Å². The molecule has 0 aliphatic rings. The molecule has 0 saturated heterocycles. The summed E-state index contributed by atoms with van der Waals surface area (Å²) in [6, 6.07) is 8.45. The van der Waals surface area contributed by atoms with E-state index < -0.39 is 23.1 Å². The number of nitrogens with zero attached hydrogens (tertiary/aromatic N) is 5. The number of carbonyl (C=O) groups excluding carboxylic acids is 1. The fraction of sp³-hybridized carbons (Fsp3) is 0.150. The molecule has 4 aromatic rings. The minimum atomic E-state index is -0.874. The van der Waals surface area contributed by atoms with Gasteiger partial charge in [0.2, 0.25) is 5.91 Å². The van der Waals surface area contributed by atoms with Crippen LogP contribution in [-0.4, -0.2) is 30.5 Å². The average Bonchev–Trinajstić information content (AvgIpc) is 3.12. The number of rotatable bonds is 4. The molecule has 0 atom stereocenters. The summed E-state index contributed by atoms with van der Waals surface area (Å²) in [5, 5.41) is 10.3. The molecule has 0 spiro atoms. The third-order valence-corrected chi connectivity index (χ3v) is 4.76. The van der Waals surface area contributed by atoms with Crippen LogP contribution in [0.15, 0.2) is 47.5 Å². The summed E-state index contributed by atoms with van der Waals surface area (Å²) in [5.41, 5.74) is 1.76. The van der Waals surface area contributed by atoms with Gasteiger partial charge in [0.25, 0.3) is 5.56 Å². The van der Waals surface area contributed by atoms with Crippen molar-refractivity contribution in [2.45, 2.75) is 20.4 Å². The number of hydrogen-bond donors (Lipinski definition) is 1. The molecule has 2 heterocycles. The SMILES string of the molecule is Cc1cccc(NC(=O)Cn2cnc3c(nnn3-c3ccc(F)cc3F)c2=O)c1C. The van der Waals surface area contributed by atoms with Gasteiger partial charge in [-0.25, -0.2) is 13.8 Å². The Morgan fingerprint density at radius 1 is 1.17 bits per heavy atom. The Morgan fingerprint density at radius 3 is 2.73 bits per heavy atom. The normalized spacial score (nSPS) is 11.1. The molecule has 2 aromatic carbocycles. The van der Waals surface area contributed by atoms with Crippen LogP contribution in [0.4, 0.5) is 14.5 Å². The lowest BCUT2D eigenvalue weighted by Gasteiger charge is -2.11. The van der Waals surface area contributed by atoms with Crippen molar-refractivity contribution in [3.05, 3.63) is 75.8 Å². The second-order valence-corrected chi connectivity index (χ2v) is 6.74. The van der Waals surface area contributed by atoms with Gasteiger partial charge in [0, 0.05) is 11.8 Å². The predicted molar refractivity (Wildman–Crippen MR) is 105 cm³/mol. The number of aromatic nitrogens is 5. The molecule has 0 radical (unpaired) electrons. The molecule has 30 heavy (non-hydrogen) atoms. The van der Waals surface area contributed by atoms with Gasteiger partial charge in [-0.1, -0.05) is 17.3 Å². The number of nitrogens with one attached hydrogen (secondary N) is 1. The van der Waals surface area contributed by atoms with E-state index in [2.05, 4.69) is 20.6 Å². The highest BCUT2D eigenvalue weighted by atomic mass is 19.1. The highest BCUT2D eigenvalue weighted by Crippen LogP contribution is 2.18. The van der Waals surface area contributed by atoms with Gasteiger partial charge in [0.1, 0.15) is 24.4 Å². The minimum Gasteiger partial charge on any atom is -0.324 e. The van der Waals surface area contributed by atoms with Crippen molar-refractivity contribution in [2.75, 3.05) is 5.32 Å². The van der Waals surface area contributed by atoms with Crippen molar-refractivity contribution in [3.8, 4) is 5.69 Å². The summed E-state index contributed by atoms with van der Waals surface area (Å²) in [6.45, 7) is 3.53. The Bertz CT molecular complexity index is 1350. The van der Waals surface area contributed by atoms with Crippen molar-refractivity contribution in [2.24, 2.45) is 0 Å². The molecule has 0 aliphatic carbocycles. The van der Waals surface area contributed by atoms with Crippen molar-refractivity contribution >= 4 is 22.8 Å². The Hall–Kier alpha value is -3.95. The summed E-state index contributed by atoms with van der Waals surface area (Å²) in [6.07, 6.45) is 1.16. The number of aryl methyl sites for hydroxylation is 1. The highest BCUT2D eigenvalue weighted by Gasteiger charge is 2.17. The summed E-state index contributed by atoms with van der Waals surface area (Å²) in [7, 11) is 0. The number of anilines is 1. The van der Waals surface area contributed by atoms with Crippen LogP contribution in [0.1, 0.15) is 11.1 Å². The Labute approximate surface area is 168 Å². The Kier molecular flexibility index (Phi) is 4.82. The van der Waals surface area contributed by atoms with E-state index in [1.807, 2.05) is 26.0 Å². The third kappa shape index (κ3) is 3.43. The van der Waals surface area contributed by atoms with E-state index in [9.17, 15) is 18.4 Å². The maximum atomic E-state index is 14.1. The van der Waals surface area contributed by atoms with Gasteiger partial charge in [-0.15, -0.1) is 5.10 Å². The van der Waals surface area contributed by atoms with Crippen molar-refractivity contribution in [3.63, 3.8) is 0 Å². The van der Waals surface area contributed by atoms with E-state index in [1.165, 1.54) is 6.07 Å². The van der Waals surface area contributed by atoms with Crippen LogP contribution < -0.4 is 10.9 Å². The molecule has 0 fully saturated rings. The van der Waals surface area contributed by atoms with E-state index >= 15 is 0 Å². The number of fused-ring (bicyclic) bond motifs is 1. The lowest BCUT2D eigenvalue weighted by molar-refractivity contribution is -0.116. The Morgan fingerprint density at radius 2 is 1.97 bits per heavy atom. The quantitative estimate of drug-likeness (QED) is 0.558. The van der Waals surface area contributed by atoms with E-state index in [4.69, 9.17) is 0 Å². The zero-order valence-corrected chi connectivity index (χ0v) is 16.1. The van der Waals surface area contributed by atoms with Crippen molar-refractivity contribution in [1.29, 1.82) is 0 Å². The van der Waals surface area contributed by atoms with Gasteiger partial charge in [-0.3, -0.25) is 14.2 Å². The van der Waals surface area contributed by atoms with Crippen molar-refractivity contribution in [1.82, 2.24) is 24.5 Å². The first-order valence-electron chi connectivity index (χ1n) is 8.97. The fourth-order valence-corrected chi connectivity index (χ4v) is 3.00. The van der Waals surface area contributed by atoms with Gasteiger partial charge in [0.15, 0.2) is 17.0 Å². The molecule has 1 amide bonds. The largest absolute Gasteiger partial charge is 0.324 e. The highest BCUT2D eigenvalue weighted by molar-refractivity contribution is 5.91. The zero-order chi connectivity index (χ0) is 21.4. The number of amides is 1. The van der Waals surface area contributed by atoms with Crippen LogP contribution >= 0.6 is 0 Å². The van der Waals surface area contributed by atoms with E-state index in [0.29, 0.717) is 11.8 Å². The molecule has 0 saturated carbocycles. The van der Waals surface area contributed by atoms with Gasteiger partial charge >= 0.3 is 0 Å². The van der Waals surface area contributed by atoms with E-state index in [1.54, 1.807) is 6.07 Å². The molecule has 0 bridgehead atoms. The fourth-order valence-electron chi connectivity index (χ4n) is 3.00. The van der Waals surface area contributed by atoms with Crippen LogP contribution in [0.2, 0.25) is 0 Å². The van der Waals surface area contributed by atoms with Gasteiger partial charge < -0.3 is 5.32 Å². The first-order valence-corrected chi connectivity index (χ1v) is 8.97. The lowest BCUT2D eigenvalue weighted by atomic mass is 10.1. The third-order valence-electron chi connectivity index (χ3n) is 4.76. The standard InChI is InChI=1S/C20H16F2N6O2/c1-11-4-3-5-15(12(11)2)24-17(29)9-27-10-23-19-18(20(27)30)25-26-28(19)16-7-6-13(21)8-14(16)22/h3-8,10H,9H2,1-2H3,(H,24,29). The number of carbonyl (C=O) groups is 1. The summed E-state index contributed by atoms with van der Waals surface area (Å²) in [5.74, 6) is -2.03.